The monoisotopic (exact) mass is 295 g/mol. The second kappa shape index (κ2) is 8.08. The molecule has 0 bridgehead atoms. The molecule has 0 aliphatic carbocycles. The van der Waals surface area contributed by atoms with Gasteiger partial charge in [-0.3, -0.25) is 4.90 Å². The summed E-state index contributed by atoms with van der Waals surface area (Å²) in [6.45, 7) is 4.71. The fourth-order valence-electron chi connectivity index (χ4n) is 1.97. The smallest absolute Gasteiger partial charge is 0.333 e. The Labute approximate surface area is 126 Å². The van der Waals surface area contributed by atoms with E-state index in [9.17, 15) is 4.79 Å². The van der Waals surface area contributed by atoms with Gasteiger partial charge in [0.05, 0.1) is 7.11 Å². The number of likely N-dealkylation sites (N-methyl/N-ethyl adjacent to an activating group) is 1. The molecule has 1 aromatic rings. The number of esters is 1. The summed E-state index contributed by atoms with van der Waals surface area (Å²) >= 11 is 6.21. The largest absolute Gasteiger partial charge is 0.466 e. The molecule has 0 spiro atoms. The number of rotatable bonds is 6. The number of nitrogens with zero attached hydrogens (tertiary/aromatic N) is 1. The van der Waals surface area contributed by atoms with Crippen molar-refractivity contribution in [3.63, 3.8) is 0 Å². The van der Waals surface area contributed by atoms with Gasteiger partial charge < -0.3 is 4.74 Å². The highest BCUT2D eigenvalue weighted by Gasteiger charge is 2.14. The first-order valence-corrected chi connectivity index (χ1v) is 7.11. The maximum atomic E-state index is 11.5. The minimum absolute atomic E-state index is 0.177. The van der Waals surface area contributed by atoms with Crippen LogP contribution in [0.3, 0.4) is 0 Å². The van der Waals surface area contributed by atoms with E-state index in [4.69, 9.17) is 16.3 Å². The van der Waals surface area contributed by atoms with Gasteiger partial charge in [-0.15, -0.1) is 0 Å². The molecule has 3 nitrogen and oxygen atoms in total. The van der Waals surface area contributed by atoms with E-state index in [0.717, 1.165) is 10.6 Å². The maximum absolute atomic E-state index is 11.5. The minimum atomic E-state index is -0.258. The van der Waals surface area contributed by atoms with Crippen LogP contribution >= 0.6 is 11.6 Å². The van der Waals surface area contributed by atoms with Crippen LogP contribution in [0.5, 0.6) is 0 Å². The topological polar surface area (TPSA) is 29.5 Å². The third kappa shape index (κ3) is 4.36. The lowest BCUT2D eigenvalue weighted by atomic mass is 10.1. The molecular formula is C16H22ClNO2. The fraction of sp³-hybridized carbons (Fsp3) is 0.438. The number of carbonyl (C=O) groups excluding carboxylic acids is 1. The molecule has 110 valence electrons. The zero-order valence-corrected chi connectivity index (χ0v) is 13.3. The van der Waals surface area contributed by atoms with Crippen molar-refractivity contribution < 1.29 is 9.53 Å². The van der Waals surface area contributed by atoms with E-state index in [1.165, 1.54) is 7.11 Å². The quantitative estimate of drug-likeness (QED) is 0.590. The van der Waals surface area contributed by atoms with E-state index in [2.05, 4.69) is 11.8 Å². The van der Waals surface area contributed by atoms with Crippen molar-refractivity contribution in [2.75, 3.05) is 20.7 Å². The van der Waals surface area contributed by atoms with Gasteiger partial charge in [-0.1, -0.05) is 42.8 Å². The van der Waals surface area contributed by atoms with Gasteiger partial charge in [0.25, 0.3) is 0 Å². The number of halogens is 1. The standard InChI is InChI=1S/C16H22ClNO2/c1-5-13(16(19)20-4)10-11-18(3)12(2)14-8-6-7-9-15(14)17/h6-10,12H,5,11H2,1-4H3. The summed E-state index contributed by atoms with van der Waals surface area (Å²) in [7, 11) is 3.41. The lowest BCUT2D eigenvalue weighted by Crippen LogP contribution is -2.23. The molecule has 0 radical (unpaired) electrons. The van der Waals surface area contributed by atoms with Crippen LogP contribution < -0.4 is 0 Å². The number of hydrogen-bond acceptors (Lipinski definition) is 3. The zero-order chi connectivity index (χ0) is 15.1. The van der Waals surface area contributed by atoms with Crippen molar-refractivity contribution in [1.82, 2.24) is 4.90 Å². The average Bonchev–Trinajstić information content (AvgIpc) is 2.47. The van der Waals surface area contributed by atoms with Gasteiger partial charge >= 0.3 is 5.97 Å². The molecule has 1 aromatic carbocycles. The van der Waals surface area contributed by atoms with Crippen LogP contribution in [0.25, 0.3) is 0 Å². The van der Waals surface area contributed by atoms with Crippen molar-refractivity contribution in [1.29, 1.82) is 0 Å². The van der Waals surface area contributed by atoms with Crippen LogP contribution in [0, 0.1) is 0 Å². The molecule has 0 fully saturated rings. The minimum Gasteiger partial charge on any atom is -0.466 e. The summed E-state index contributed by atoms with van der Waals surface area (Å²) in [5.74, 6) is -0.258. The van der Waals surface area contributed by atoms with Crippen LogP contribution in [0.1, 0.15) is 31.9 Å². The second-order valence-corrected chi connectivity index (χ2v) is 5.12. The summed E-state index contributed by atoms with van der Waals surface area (Å²) in [6, 6.07) is 7.99. The lowest BCUT2D eigenvalue weighted by molar-refractivity contribution is -0.136. The van der Waals surface area contributed by atoms with Gasteiger partial charge in [0.1, 0.15) is 0 Å². The van der Waals surface area contributed by atoms with Crippen molar-refractivity contribution in [2.45, 2.75) is 26.3 Å². The van der Waals surface area contributed by atoms with Gasteiger partial charge in [-0.05, 0) is 32.0 Å². The molecular weight excluding hydrogens is 274 g/mol. The average molecular weight is 296 g/mol. The first-order valence-electron chi connectivity index (χ1n) is 6.73. The zero-order valence-electron chi connectivity index (χ0n) is 12.5. The second-order valence-electron chi connectivity index (χ2n) is 4.71. The Morgan fingerprint density at radius 1 is 1.45 bits per heavy atom. The highest BCUT2D eigenvalue weighted by atomic mass is 35.5. The Morgan fingerprint density at radius 2 is 2.10 bits per heavy atom. The van der Waals surface area contributed by atoms with Crippen LogP contribution in [-0.2, 0) is 9.53 Å². The molecule has 1 atom stereocenters. The number of methoxy groups -OCH3 is 1. The Balaban J connectivity index is 2.76. The van der Waals surface area contributed by atoms with Crippen LogP contribution in [0.15, 0.2) is 35.9 Å². The van der Waals surface area contributed by atoms with Gasteiger partial charge in [0.15, 0.2) is 0 Å². The molecule has 1 unspecified atom stereocenters. The third-order valence-corrected chi connectivity index (χ3v) is 3.81. The molecule has 0 N–H and O–H groups in total. The summed E-state index contributed by atoms with van der Waals surface area (Å²) in [5.41, 5.74) is 1.78. The van der Waals surface area contributed by atoms with Gasteiger partial charge in [0.2, 0.25) is 0 Å². The SMILES string of the molecule is CCC(=CCN(C)C(C)c1ccccc1Cl)C(=O)OC. The predicted octanol–water partition coefficient (Wildman–Crippen LogP) is 3.84. The Morgan fingerprint density at radius 3 is 2.65 bits per heavy atom. The fourth-order valence-corrected chi connectivity index (χ4v) is 2.26. The van der Waals surface area contributed by atoms with Crippen molar-refractivity contribution >= 4 is 17.6 Å². The number of carbonyl (C=O) groups is 1. The van der Waals surface area contributed by atoms with E-state index in [1.54, 1.807) is 0 Å². The Kier molecular flexibility index (Phi) is 6.76. The van der Waals surface area contributed by atoms with Gasteiger partial charge in [-0.25, -0.2) is 4.79 Å². The Bertz CT molecular complexity index is 485. The van der Waals surface area contributed by atoms with Crippen LogP contribution in [-0.4, -0.2) is 31.6 Å². The first kappa shape index (κ1) is 16.7. The first-order chi connectivity index (χ1) is 9.51. The maximum Gasteiger partial charge on any atom is 0.333 e. The highest BCUT2D eigenvalue weighted by Crippen LogP contribution is 2.26. The molecule has 0 aliphatic rings. The number of hydrogen-bond donors (Lipinski definition) is 0. The van der Waals surface area contributed by atoms with Crippen molar-refractivity contribution in [3.8, 4) is 0 Å². The molecule has 4 heteroatoms. The van der Waals surface area contributed by atoms with Crippen molar-refractivity contribution in [2.24, 2.45) is 0 Å². The molecule has 0 aromatic heterocycles. The molecule has 0 heterocycles. The van der Waals surface area contributed by atoms with Crippen molar-refractivity contribution in [3.05, 3.63) is 46.5 Å². The normalized spacial score (nSPS) is 13.4. The Hall–Kier alpha value is -1.32. The summed E-state index contributed by atoms with van der Waals surface area (Å²) < 4.78 is 4.75. The molecule has 1 rings (SSSR count). The van der Waals surface area contributed by atoms with Crippen LogP contribution in [0.2, 0.25) is 5.02 Å². The number of benzene rings is 1. The molecule has 0 saturated carbocycles. The van der Waals surface area contributed by atoms with Gasteiger partial charge in [-0.2, -0.15) is 0 Å². The van der Waals surface area contributed by atoms with E-state index >= 15 is 0 Å². The summed E-state index contributed by atoms with van der Waals surface area (Å²) in [4.78, 5) is 13.7. The lowest BCUT2D eigenvalue weighted by Gasteiger charge is -2.24. The number of ether oxygens (including phenoxy) is 1. The van der Waals surface area contributed by atoms with E-state index in [0.29, 0.717) is 18.5 Å². The molecule has 0 amide bonds. The van der Waals surface area contributed by atoms with E-state index < -0.39 is 0 Å². The van der Waals surface area contributed by atoms with Crippen LogP contribution in [0.4, 0.5) is 0 Å². The third-order valence-electron chi connectivity index (χ3n) is 3.47. The predicted molar refractivity (Wildman–Crippen MR) is 82.9 cm³/mol. The molecule has 0 saturated heterocycles. The molecule has 0 aliphatic heterocycles. The highest BCUT2D eigenvalue weighted by molar-refractivity contribution is 6.31. The van der Waals surface area contributed by atoms with E-state index in [1.807, 2.05) is 44.3 Å². The summed E-state index contributed by atoms with van der Waals surface area (Å²) in [6.07, 6.45) is 2.58. The summed E-state index contributed by atoms with van der Waals surface area (Å²) in [5, 5.41) is 0.763. The molecule has 20 heavy (non-hydrogen) atoms. The van der Waals surface area contributed by atoms with E-state index in [-0.39, 0.29) is 12.0 Å². The van der Waals surface area contributed by atoms with Gasteiger partial charge in [0, 0.05) is 23.2 Å².